The van der Waals surface area contributed by atoms with Crippen molar-refractivity contribution in [3.05, 3.63) is 47.5 Å². The Kier molecular flexibility index (Phi) is 3.08. The summed E-state index contributed by atoms with van der Waals surface area (Å²) in [6.07, 6.45) is 3.09. The minimum Gasteiger partial charge on any atom is -0.481 e. The largest absolute Gasteiger partial charge is 0.481 e. The highest BCUT2D eigenvalue weighted by Crippen LogP contribution is 2.19. The van der Waals surface area contributed by atoms with E-state index in [1.807, 2.05) is 0 Å². The van der Waals surface area contributed by atoms with Gasteiger partial charge in [0.25, 0.3) is 0 Å². The zero-order valence-corrected chi connectivity index (χ0v) is 10.9. The molecule has 3 aromatic heterocycles. The number of hydrogen-bond donors (Lipinski definition) is 1. The number of carboxylic acid groups (broad SMARTS) is 1. The summed E-state index contributed by atoms with van der Waals surface area (Å²) in [4.78, 5) is 18.8. The number of aromatic nitrogens is 4. The van der Waals surface area contributed by atoms with E-state index in [9.17, 15) is 4.79 Å². The van der Waals surface area contributed by atoms with Gasteiger partial charge in [-0.1, -0.05) is 11.6 Å². The summed E-state index contributed by atoms with van der Waals surface area (Å²) < 4.78 is 1.56. The zero-order chi connectivity index (χ0) is 14.1. The number of carbonyl (C=O) groups is 1. The fourth-order valence-electron chi connectivity index (χ4n) is 1.89. The van der Waals surface area contributed by atoms with E-state index in [2.05, 4.69) is 15.1 Å². The van der Waals surface area contributed by atoms with Gasteiger partial charge in [-0.15, -0.1) is 0 Å². The van der Waals surface area contributed by atoms with Crippen molar-refractivity contribution in [1.82, 2.24) is 19.6 Å². The molecule has 0 aliphatic carbocycles. The highest BCUT2D eigenvalue weighted by molar-refractivity contribution is 6.29. The quantitative estimate of drug-likeness (QED) is 0.746. The molecule has 0 aliphatic heterocycles. The lowest BCUT2D eigenvalue weighted by molar-refractivity contribution is -0.136. The Bertz CT molecular complexity index is 800. The van der Waals surface area contributed by atoms with Crippen LogP contribution in [-0.4, -0.2) is 30.7 Å². The SMILES string of the molecule is O=C(O)Cc1cn2nc(-c3ccnc(Cl)c3)ccc2n1. The first-order valence-electron chi connectivity index (χ1n) is 5.81. The van der Waals surface area contributed by atoms with Gasteiger partial charge in [0, 0.05) is 11.8 Å². The van der Waals surface area contributed by atoms with E-state index >= 15 is 0 Å². The van der Waals surface area contributed by atoms with Crippen LogP contribution in [0, 0.1) is 0 Å². The highest BCUT2D eigenvalue weighted by Gasteiger charge is 2.08. The molecule has 3 heterocycles. The molecule has 0 spiro atoms. The molecule has 0 atom stereocenters. The number of rotatable bonds is 3. The zero-order valence-electron chi connectivity index (χ0n) is 10.2. The molecule has 0 radical (unpaired) electrons. The van der Waals surface area contributed by atoms with Gasteiger partial charge in [0.15, 0.2) is 5.65 Å². The summed E-state index contributed by atoms with van der Waals surface area (Å²) in [7, 11) is 0. The Morgan fingerprint density at radius 3 is 2.95 bits per heavy atom. The number of aliphatic carboxylic acids is 1. The summed E-state index contributed by atoms with van der Waals surface area (Å²) in [5, 5.41) is 13.5. The summed E-state index contributed by atoms with van der Waals surface area (Å²) in [6.45, 7) is 0. The molecule has 0 bridgehead atoms. The van der Waals surface area contributed by atoms with E-state index in [-0.39, 0.29) is 6.42 Å². The number of halogens is 1. The van der Waals surface area contributed by atoms with Crippen molar-refractivity contribution in [3.63, 3.8) is 0 Å². The lowest BCUT2D eigenvalue weighted by Crippen LogP contribution is -1.99. The van der Waals surface area contributed by atoms with Gasteiger partial charge in [-0.3, -0.25) is 4.79 Å². The Hall–Kier alpha value is -2.47. The molecule has 100 valence electrons. The van der Waals surface area contributed by atoms with E-state index in [0.717, 1.165) is 5.56 Å². The molecular formula is C13H9ClN4O2. The van der Waals surface area contributed by atoms with Crippen molar-refractivity contribution >= 4 is 23.2 Å². The van der Waals surface area contributed by atoms with Crippen molar-refractivity contribution < 1.29 is 9.90 Å². The van der Waals surface area contributed by atoms with Crippen molar-refractivity contribution in [2.24, 2.45) is 0 Å². The molecule has 7 heteroatoms. The van der Waals surface area contributed by atoms with Gasteiger partial charge >= 0.3 is 5.97 Å². The Labute approximate surface area is 118 Å². The third kappa shape index (κ3) is 2.46. The van der Waals surface area contributed by atoms with Crippen molar-refractivity contribution in [2.45, 2.75) is 6.42 Å². The molecule has 0 aromatic carbocycles. The average Bonchev–Trinajstić information content (AvgIpc) is 2.78. The maximum atomic E-state index is 10.7. The topological polar surface area (TPSA) is 80.4 Å². The standard InChI is InChI=1S/C13H9ClN4O2/c14-11-5-8(3-4-15-11)10-1-2-12-16-9(6-13(19)20)7-18(12)17-10/h1-5,7H,6H2,(H,19,20). The number of imidazole rings is 1. The van der Waals surface area contributed by atoms with Gasteiger partial charge in [-0.25, -0.2) is 14.5 Å². The molecular weight excluding hydrogens is 280 g/mol. The first-order chi connectivity index (χ1) is 9.61. The second-order valence-corrected chi connectivity index (χ2v) is 4.58. The molecule has 6 nitrogen and oxygen atoms in total. The molecule has 1 N–H and O–H groups in total. The van der Waals surface area contributed by atoms with Crippen LogP contribution in [0.5, 0.6) is 0 Å². The predicted molar refractivity (Wildman–Crippen MR) is 72.6 cm³/mol. The maximum absolute atomic E-state index is 10.7. The van der Waals surface area contributed by atoms with Crippen LogP contribution in [0.1, 0.15) is 5.69 Å². The maximum Gasteiger partial charge on any atom is 0.309 e. The normalized spacial score (nSPS) is 10.8. The van der Waals surface area contributed by atoms with Crippen molar-refractivity contribution in [2.75, 3.05) is 0 Å². The van der Waals surface area contributed by atoms with Gasteiger partial charge < -0.3 is 5.11 Å². The molecule has 3 aromatic rings. The predicted octanol–water partition coefficient (Wildman–Crippen LogP) is 2.07. The first kappa shape index (κ1) is 12.6. The smallest absolute Gasteiger partial charge is 0.309 e. The summed E-state index contributed by atoms with van der Waals surface area (Å²) in [5.41, 5.74) is 2.61. The molecule has 20 heavy (non-hydrogen) atoms. The third-order valence-electron chi connectivity index (χ3n) is 2.72. The van der Waals surface area contributed by atoms with Crippen LogP contribution in [0.15, 0.2) is 36.7 Å². The van der Waals surface area contributed by atoms with Gasteiger partial charge in [0.05, 0.1) is 24.0 Å². The van der Waals surface area contributed by atoms with E-state index in [1.165, 1.54) is 0 Å². The van der Waals surface area contributed by atoms with Gasteiger partial charge in [0.1, 0.15) is 5.15 Å². The molecule has 0 saturated carbocycles. The number of fused-ring (bicyclic) bond motifs is 1. The van der Waals surface area contributed by atoms with Crippen LogP contribution in [-0.2, 0) is 11.2 Å². The first-order valence-corrected chi connectivity index (χ1v) is 6.18. The Morgan fingerprint density at radius 1 is 1.35 bits per heavy atom. The molecule has 0 amide bonds. The number of carboxylic acids is 1. The monoisotopic (exact) mass is 288 g/mol. The Balaban J connectivity index is 2.04. The lowest BCUT2D eigenvalue weighted by atomic mass is 10.2. The number of pyridine rings is 1. The minimum atomic E-state index is -0.922. The van der Waals surface area contributed by atoms with E-state index in [0.29, 0.717) is 22.2 Å². The fourth-order valence-corrected chi connectivity index (χ4v) is 2.06. The van der Waals surface area contributed by atoms with Crippen LogP contribution in [0.4, 0.5) is 0 Å². The van der Waals surface area contributed by atoms with E-state index in [4.69, 9.17) is 16.7 Å². The van der Waals surface area contributed by atoms with Gasteiger partial charge in [-0.2, -0.15) is 5.10 Å². The van der Waals surface area contributed by atoms with Crippen molar-refractivity contribution in [3.8, 4) is 11.3 Å². The summed E-state index contributed by atoms with van der Waals surface area (Å²) in [5.74, 6) is -0.922. The summed E-state index contributed by atoms with van der Waals surface area (Å²) in [6, 6.07) is 7.10. The van der Waals surface area contributed by atoms with Crippen LogP contribution in [0.3, 0.4) is 0 Å². The van der Waals surface area contributed by atoms with Crippen LogP contribution < -0.4 is 0 Å². The molecule has 3 rings (SSSR count). The minimum absolute atomic E-state index is 0.125. The van der Waals surface area contributed by atoms with E-state index in [1.54, 1.807) is 41.2 Å². The molecule has 0 aliphatic rings. The van der Waals surface area contributed by atoms with Crippen LogP contribution in [0.25, 0.3) is 16.9 Å². The average molecular weight is 289 g/mol. The van der Waals surface area contributed by atoms with Crippen LogP contribution >= 0.6 is 11.6 Å². The summed E-state index contributed by atoms with van der Waals surface area (Å²) >= 11 is 5.85. The number of nitrogens with zero attached hydrogens (tertiary/aromatic N) is 4. The molecule has 0 fully saturated rings. The lowest BCUT2D eigenvalue weighted by Gasteiger charge is -2.01. The fraction of sp³-hybridized carbons (Fsp3) is 0.0769. The third-order valence-corrected chi connectivity index (χ3v) is 2.93. The second kappa shape index (κ2) is 4.90. The second-order valence-electron chi connectivity index (χ2n) is 4.19. The highest BCUT2D eigenvalue weighted by atomic mass is 35.5. The van der Waals surface area contributed by atoms with Crippen LogP contribution in [0.2, 0.25) is 5.15 Å². The molecule has 0 unspecified atom stereocenters. The Morgan fingerprint density at radius 2 is 2.20 bits per heavy atom. The van der Waals surface area contributed by atoms with Crippen molar-refractivity contribution in [1.29, 1.82) is 0 Å². The molecule has 0 saturated heterocycles. The van der Waals surface area contributed by atoms with E-state index < -0.39 is 5.97 Å². The van der Waals surface area contributed by atoms with Gasteiger partial charge in [-0.05, 0) is 24.3 Å². The number of hydrogen-bond acceptors (Lipinski definition) is 4. The van der Waals surface area contributed by atoms with Gasteiger partial charge in [0.2, 0.25) is 0 Å².